The van der Waals surface area contributed by atoms with Crippen molar-refractivity contribution < 1.29 is 9.59 Å². The lowest BCUT2D eigenvalue weighted by molar-refractivity contribution is -0.109. The van der Waals surface area contributed by atoms with Crippen molar-refractivity contribution in [2.75, 3.05) is 0 Å². The van der Waals surface area contributed by atoms with Crippen molar-refractivity contribution in [2.24, 2.45) is 17.8 Å². The van der Waals surface area contributed by atoms with Gasteiger partial charge >= 0.3 is 0 Å². The molecule has 0 saturated heterocycles. The third-order valence-electron chi connectivity index (χ3n) is 3.44. The smallest absolute Gasteiger partial charge is 0.166 e. The first-order chi connectivity index (χ1) is 8.19. The molecule has 1 aliphatic rings. The summed E-state index contributed by atoms with van der Waals surface area (Å²) in [6.07, 6.45) is 2.94. The van der Waals surface area contributed by atoms with Crippen LogP contribution in [0.5, 0.6) is 0 Å². The summed E-state index contributed by atoms with van der Waals surface area (Å²) in [7, 11) is 0. The molecule has 1 fully saturated rings. The minimum absolute atomic E-state index is 0.0499. The van der Waals surface area contributed by atoms with Gasteiger partial charge in [-0.05, 0) is 24.5 Å². The maximum atomic E-state index is 12.2. The first-order valence-electron chi connectivity index (χ1n) is 5.94. The Labute approximate surface area is 110 Å². The van der Waals surface area contributed by atoms with Crippen molar-refractivity contribution >= 4 is 28.0 Å². The fourth-order valence-electron chi connectivity index (χ4n) is 2.47. The van der Waals surface area contributed by atoms with E-state index in [0.717, 1.165) is 23.6 Å². The van der Waals surface area contributed by atoms with Crippen LogP contribution < -0.4 is 0 Å². The Hall–Kier alpha value is -0.960. The van der Waals surface area contributed by atoms with Crippen LogP contribution in [-0.4, -0.2) is 12.1 Å². The van der Waals surface area contributed by atoms with E-state index in [1.54, 1.807) is 0 Å². The molecular weight excluding hydrogens is 280 g/mol. The number of carbonyl (C=O) groups is 2. The molecule has 17 heavy (non-hydrogen) atoms. The van der Waals surface area contributed by atoms with Crippen LogP contribution in [0.1, 0.15) is 30.1 Å². The van der Waals surface area contributed by atoms with E-state index in [9.17, 15) is 9.59 Å². The monoisotopic (exact) mass is 294 g/mol. The molecule has 0 amide bonds. The van der Waals surface area contributed by atoms with Gasteiger partial charge in [0.25, 0.3) is 0 Å². The minimum Gasteiger partial charge on any atom is -0.303 e. The number of aldehydes is 1. The molecular formula is C14H15BrO2. The Morgan fingerprint density at radius 2 is 2.00 bits per heavy atom. The van der Waals surface area contributed by atoms with Crippen molar-refractivity contribution in [1.29, 1.82) is 0 Å². The second-order valence-corrected chi connectivity index (χ2v) is 5.48. The summed E-state index contributed by atoms with van der Waals surface area (Å²) < 4.78 is 0.960. The maximum Gasteiger partial charge on any atom is 0.166 e. The molecule has 1 aromatic rings. The first kappa shape index (κ1) is 12.5. The Bertz CT molecular complexity index is 424. The molecule has 0 spiro atoms. The molecule has 0 aromatic heterocycles. The molecule has 0 N–H and O–H groups in total. The highest BCUT2D eigenvalue weighted by Crippen LogP contribution is 2.49. The van der Waals surface area contributed by atoms with Crippen LogP contribution in [0.4, 0.5) is 0 Å². The zero-order valence-electron chi connectivity index (χ0n) is 9.73. The van der Waals surface area contributed by atoms with Gasteiger partial charge in [-0.3, -0.25) is 4.79 Å². The highest BCUT2D eigenvalue weighted by Gasteiger charge is 2.53. The SMILES string of the molecule is CCC[C@@H]1[C@@H](C=O)[C@H]1C(=O)c1ccc(Br)cc1. The van der Waals surface area contributed by atoms with Crippen LogP contribution in [0.3, 0.4) is 0 Å². The number of rotatable bonds is 5. The Balaban J connectivity index is 2.11. The Morgan fingerprint density at radius 1 is 1.35 bits per heavy atom. The zero-order chi connectivity index (χ0) is 12.4. The van der Waals surface area contributed by atoms with Gasteiger partial charge < -0.3 is 4.79 Å². The summed E-state index contributed by atoms with van der Waals surface area (Å²) in [5, 5.41) is 0. The van der Waals surface area contributed by atoms with Crippen LogP contribution in [0, 0.1) is 17.8 Å². The van der Waals surface area contributed by atoms with E-state index in [1.807, 2.05) is 24.3 Å². The zero-order valence-corrected chi connectivity index (χ0v) is 11.3. The van der Waals surface area contributed by atoms with Gasteiger partial charge in [-0.15, -0.1) is 0 Å². The largest absolute Gasteiger partial charge is 0.303 e. The molecule has 0 radical (unpaired) electrons. The Morgan fingerprint density at radius 3 is 2.53 bits per heavy atom. The summed E-state index contributed by atoms with van der Waals surface area (Å²) in [4.78, 5) is 23.1. The average Bonchev–Trinajstić information content (AvgIpc) is 3.03. The van der Waals surface area contributed by atoms with Crippen LogP contribution in [-0.2, 0) is 4.79 Å². The number of benzene rings is 1. The third-order valence-corrected chi connectivity index (χ3v) is 3.97. The van der Waals surface area contributed by atoms with Crippen molar-refractivity contribution in [3.8, 4) is 0 Å². The number of carbonyl (C=O) groups excluding carboxylic acids is 2. The molecule has 0 unspecified atom stereocenters. The predicted molar refractivity (Wildman–Crippen MR) is 69.9 cm³/mol. The van der Waals surface area contributed by atoms with Crippen molar-refractivity contribution in [2.45, 2.75) is 19.8 Å². The lowest BCUT2D eigenvalue weighted by atomic mass is 10.0. The van der Waals surface area contributed by atoms with Crippen LogP contribution >= 0.6 is 15.9 Å². The number of ketones is 1. The van der Waals surface area contributed by atoms with E-state index in [-0.39, 0.29) is 23.5 Å². The molecule has 0 heterocycles. The maximum absolute atomic E-state index is 12.2. The molecule has 90 valence electrons. The molecule has 3 atom stereocenters. The second kappa shape index (κ2) is 5.13. The minimum atomic E-state index is -0.0753. The van der Waals surface area contributed by atoms with Crippen molar-refractivity contribution in [3.63, 3.8) is 0 Å². The molecule has 0 bridgehead atoms. The second-order valence-electron chi connectivity index (χ2n) is 4.56. The lowest BCUT2D eigenvalue weighted by Crippen LogP contribution is -2.04. The van der Waals surface area contributed by atoms with Crippen molar-refractivity contribution in [3.05, 3.63) is 34.3 Å². The average molecular weight is 295 g/mol. The van der Waals surface area contributed by atoms with Gasteiger partial charge in [0, 0.05) is 21.9 Å². The van der Waals surface area contributed by atoms with Crippen LogP contribution in [0.2, 0.25) is 0 Å². The summed E-state index contributed by atoms with van der Waals surface area (Å²) >= 11 is 3.34. The van der Waals surface area contributed by atoms with Gasteiger partial charge in [-0.1, -0.05) is 41.4 Å². The fraction of sp³-hybridized carbons (Fsp3) is 0.429. The van der Waals surface area contributed by atoms with Crippen LogP contribution in [0.15, 0.2) is 28.7 Å². The lowest BCUT2D eigenvalue weighted by Gasteiger charge is -2.00. The fourth-order valence-corrected chi connectivity index (χ4v) is 2.73. The van der Waals surface area contributed by atoms with Gasteiger partial charge in [0.05, 0.1) is 0 Å². The standard InChI is InChI=1S/C14H15BrO2/c1-2-3-11-12(8-16)13(11)14(17)9-4-6-10(15)7-5-9/h4-8,11-13H,2-3H2,1H3/t11-,12-,13+/m1/s1. The quantitative estimate of drug-likeness (QED) is 0.615. The number of hydrogen-bond donors (Lipinski definition) is 0. The normalized spacial score (nSPS) is 26.6. The molecule has 2 nitrogen and oxygen atoms in total. The van der Waals surface area contributed by atoms with E-state index in [2.05, 4.69) is 22.9 Å². The van der Waals surface area contributed by atoms with E-state index < -0.39 is 0 Å². The molecule has 1 saturated carbocycles. The summed E-state index contributed by atoms with van der Waals surface area (Å²) in [5.41, 5.74) is 0.712. The first-order valence-corrected chi connectivity index (χ1v) is 6.73. The van der Waals surface area contributed by atoms with E-state index in [4.69, 9.17) is 0 Å². The summed E-state index contributed by atoms with van der Waals surface area (Å²) in [5.74, 6) is 0.265. The highest BCUT2D eigenvalue weighted by molar-refractivity contribution is 9.10. The van der Waals surface area contributed by atoms with Gasteiger partial charge in [-0.2, -0.15) is 0 Å². The topological polar surface area (TPSA) is 34.1 Å². The third kappa shape index (κ3) is 2.49. The van der Waals surface area contributed by atoms with E-state index in [1.165, 1.54) is 0 Å². The van der Waals surface area contributed by atoms with Gasteiger partial charge in [0.15, 0.2) is 5.78 Å². The van der Waals surface area contributed by atoms with Crippen LogP contribution in [0.25, 0.3) is 0 Å². The molecule has 1 aliphatic carbocycles. The summed E-state index contributed by atoms with van der Waals surface area (Å²) in [6.45, 7) is 2.08. The van der Waals surface area contributed by atoms with E-state index >= 15 is 0 Å². The number of hydrogen-bond acceptors (Lipinski definition) is 2. The molecule has 2 rings (SSSR count). The van der Waals surface area contributed by atoms with Gasteiger partial charge in [0.2, 0.25) is 0 Å². The predicted octanol–water partition coefficient (Wildman–Crippen LogP) is 3.49. The van der Waals surface area contributed by atoms with Gasteiger partial charge in [0.1, 0.15) is 6.29 Å². The number of Topliss-reactive ketones (excluding diaryl/α,β-unsaturated/α-hetero) is 1. The Kier molecular flexibility index (Phi) is 3.77. The van der Waals surface area contributed by atoms with Gasteiger partial charge in [-0.25, -0.2) is 0 Å². The highest BCUT2D eigenvalue weighted by atomic mass is 79.9. The molecule has 3 heteroatoms. The molecule has 1 aromatic carbocycles. The van der Waals surface area contributed by atoms with E-state index in [0.29, 0.717) is 5.56 Å². The number of halogens is 1. The molecule has 0 aliphatic heterocycles. The summed E-state index contributed by atoms with van der Waals surface area (Å²) in [6, 6.07) is 7.35. The van der Waals surface area contributed by atoms with Crippen molar-refractivity contribution in [1.82, 2.24) is 0 Å².